The summed E-state index contributed by atoms with van der Waals surface area (Å²) < 4.78 is 6.74. The van der Waals surface area contributed by atoms with Crippen molar-refractivity contribution in [3.8, 4) is 5.69 Å². The number of benzene rings is 2. The normalized spacial score (nSPS) is 11.0. The monoisotopic (exact) mass is 460 g/mol. The maximum Gasteiger partial charge on any atom is 0.291 e. The van der Waals surface area contributed by atoms with Crippen molar-refractivity contribution in [3.63, 3.8) is 0 Å². The maximum atomic E-state index is 12.2. The highest BCUT2D eigenvalue weighted by Crippen LogP contribution is 2.20. The average molecular weight is 462 g/mol. The van der Waals surface area contributed by atoms with Crippen molar-refractivity contribution in [2.45, 2.75) is 0 Å². The molecule has 4 aromatic rings. The third-order valence-corrected chi connectivity index (χ3v) is 4.45. The molecule has 1 N–H and O–H groups in total. The molecule has 0 spiro atoms. The van der Waals surface area contributed by atoms with E-state index in [1.807, 2.05) is 30.3 Å². The molecule has 0 radical (unpaired) electrons. The van der Waals surface area contributed by atoms with E-state index in [0.717, 1.165) is 15.7 Å². The number of furan rings is 1. The Bertz CT molecular complexity index is 1070. The average Bonchev–Trinajstić information content (AvgIpc) is 3.21. The highest BCUT2D eigenvalue weighted by Gasteiger charge is 2.12. The Hall–Kier alpha value is -2.45. The summed E-state index contributed by atoms with van der Waals surface area (Å²) >= 11 is 6.58. The topological polar surface area (TPSA) is 73.0 Å². The molecule has 2 aromatic carbocycles. The van der Waals surface area contributed by atoms with Crippen LogP contribution in [-0.4, -0.2) is 20.9 Å². The van der Waals surface area contributed by atoms with E-state index < -0.39 is 0 Å². The van der Waals surface area contributed by atoms with Crippen LogP contribution in [0, 0.1) is 0 Å². The molecule has 0 saturated carbocycles. The molecule has 2 aromatic heterocycles. The Morgan fingerprint density at radius 3 is 2.44 bits per heavy atom. The summed E-state index contributed by atoms with van der Waals surface area (Å²) in [6.07, 6.45) is 0. The number of hydrogen-bond acceptors (Lipinski definition) is 4. The third kappa shape index (κ3) is 3.35. The van der Waals surface area contributed by atoms with E-state index in [0.29, 0.717) is 15.9 Å². The van der Waals surface area contributed by atoms with E-state index in [-0.39, 0.29) is 11.7 Å². The number of nitrogens with one attached hydrogen (secondary N) is 1. The first-order valence-corrected chi connectivity index (χ1v) is 8.87. The Labute approximate surface area is 159 Å². The Morgan fingerprint density at radius 1 is 0.960 bits per heavy atom. The van der Waals surface area contributed by atoms with Crippen molar-refractivity contribution >= 4 is 54.5 Å². The standard InChI is InChI=1S/C17H10Br2N4O2/c18-10-1-4-12(5-2-10)23-21-13-6-3-11(9-14(13)22-23)20-17(24)15-7-8-16(19)25-15/h1-9H,(H,20,24). The van der Waals surface area contributed by atoms with Gasteiger partial charge in [0.1, 0.15) is 11.0 Å². The number of aromatic nitrogens is 3. The van der Waals surface area contributed by atoms with Gasteiger partial charge in [0.25, 0.3) is 5.91 Å². The van der Waals surface area contributed by atoms with Crippen LogP contribution < -0.4 is 5.32 Å². The summed E-state index contributed by atoms with van der Waals surface area (Å²) in [7, 11) is 0. The van der Waals surface area contributed by atoms with Crippen molar-refractivity contribution < 1.29 is 9.21 Å². The van der Waals surface area contributed by atoms with Gasteiger partial charge in [-0.3, -0.25) is 4.79 Å². The minimum Gasteiger partial charge on any atom is -0.444 e. The van der Waals surface area contributed by atoms with Crippen molar-refractivity contribution in [1.29, 1.82) is 0 Å². The molecule has 0 aliphatic rings. The summed E-state index contributed by atoms with van der Waals surface area (Å²) in [6, 6.07) is 16.3. The first kappa shape index (κ1) is 16.0. The van der Waals surface area contributed by atoms with Gasteiger partial charge in [0.05, 0.1) is 5.69 Å². The lowest BCUT2D eigenvalue weighted by atomic mass is 10.2. The van der Waals surface area contributed by atoms with E-state index in [1.165, 1.54) is 0 Å². The number of anilines is 1. The van der Waals surface area contributed by atoms with E-state index in [2.05, 4.69) is 47.4 Å². The second-order valence-electron chi connectivity index (χ2n) is 5.23. The van der Waals surface area contributed by atoms with Crippen LogP contribution in [0.15, 0.2) is 68.2 Å². The number of rotatable bonds is 3. The van der Waals surface area contributed by atoms with Crippen molar-refractivity contribution in [2.24, 2.45) is 0 Å². The highest BCUT2D eigenvalue weighted by atomic mass is 79.9. The molecule has 8 heteroatoms. The molecule has 0 saturated heterocycles. The van der Waals surface area contributed by atoms with Crippen LogP contribution in [0.25, 0.3) is 16.7 Å². The molecule has 6 nitrogen and oxygen atoms in total. The molecule has 0 bridgehead atoms. The molecule has 2 heterocycles. The molecule has 124 valence electrons. The minimum absolute atomic E-state index is 0.227. The van der Waals surface area contributed by atoms with Gasteiger partial charge in [-0.15, -0.1) is 10.2 Å². The zero-order valence-electron chi connectivity index (χ0n) is 12.6. The molecule has 4 rings (SSSR count). The molecule has 0 aliphatic heterocycles. The fourth-order valence-electron chi connectivity index (χ4n) is 2.31. The number of carbonyl (C=O) groups is 1. The van der Waals surface area contributed by atoms with Gasteiger partial charge in [-0.25, -0.2) is 0 Å². The molecule has 25 heavy (non-hydrogen) atoms. The lowest BCUT2D eigenvalue weighted by Crippen LogP contribution is -2.10. The number of nitrogens with zero attached hydrogens (tertiary/aromatic N) is 3. The zero-order valence-corrected chi connectivity index (χ0v) is 15.8. The Kier molecular flexibility index (Phi) is 4.14. The largest absolute Gasteiger partial charge is 0.444 e. The molecule has 1 amide bonds. The molecule has 0 aliphatic carbocycles. The van der Waals surface area contributed by atoms with E-state index in [1.54, 1.807) is 29.1 Å². The second-order valence-corrected chi connectivity index (χ2v) is 6.92. The van der Waals surface area contributed by atoms with Gasteiger partial charge in [0.2, 0.25) is 0 Å². The van der Waals surface area contributed by atoms with Gasteiger partial charge in [-0.2, -0.15) is 4.80 Å². The summed E-state index contributed by atoms with van der Waals surface area (Å²) in [4.78, 5) is 13.7. The molecular formula is C17H10Br2N4O2. The summed E-state index contributed by atoms with van der Waals surface area (Å²) in [5.41, 5.74) is 2.89. The maximum absolute atomic E-state index is 12.2. The lowest BCUT2D eigenvalue weighted by Gasteiger charge is -2.02. The van der Waals surface area contributed by atoms with Crippen LogP contribution in [0.4, 0.5) is 5.69 Å². The molecule has 0 unspecified atom stereocenters. The third-order valence-electron chi connectivity index (χ3n) is 3.49. The van der Waals surface area contributed by atoms with Crippen LogP contribution >= 0.6 is 31.9 Å². The quantitative estimate of drug-likeness (QED) is 0.476. The van der Waals surface area contributed by atoms with Crippen molar-refractivity contribution in [3.05, 3.63) is 69.5 Å². The van der Waals surface area contributed by atoms with E-state index in [4.69, 9.17) is 4.42 Å². The van der Waals surface area contributed by atoms with Gasteiger partial charge in [0, 0.05) is 10.2 Å². The predicted octanol–water partition coefficient (Wildman–Crippen LogP) is 4.79. The zero-order chi connectivity index (χ0) is 17.4. The van der Waals surface area contributed by atoms with Gasteiger partial charge in [0.15, 0.2) is 10.4 Å². The molecule has 0 fully saturated rings. The summed E-state index contributed by atoms with van der Waals surface area (Å²) in [5, 5.41) is 11.7. The Morgan fingerprint density at radius 2 is 1.72 bits per heavy atom. The van der Waals surface area contributed by atoms with Crippen molar-refractivity contribution in [1.82, 2.24) is 15.0 Å². The van der Waals surface area contributed by atoms with Crippen LogP contribution in [0.5, 0.6) is 0 Å². The van der Waals surface area contributed by atoms with Crippen LogP contribution in [0.2, 0.25) is 0 Å². The smallest absolute Gasteiger partial charge is 0.291 e. The first-order valence-electron chi connectivity index (χ1n) is 7.28. The van der Waals surface area contributed by atoms with E-state index >= 15 is 0 Å². The Balaban J connectivity index is 1.61. The highest BCUT2D eigenvalue weighted by molar-refractivity contribution is 9.10. The van der Waals surface area contributed by atoms with Crippen LogP contribution in [0.3, 0.4) is 0 Å². The number of carbonyl (C=O) groups excluding carboxylic acids is 1. The minimum atomic E-state index is -0.328. The van der Waals surface area contributed by atoms with Crippen LogP contribution in [-0.2, 0) is 0 Å². The summed E-state index contributed by atoms with van der Waals surface area (Å²) in [6.45, 7) is 0. The van der Waals surface area contributed by atoms with Gasteiger partial charge in [-0.1, -0.05) is 15.9 Å². The van der Waals surface area contributed by atoms with Gasteiger partial charge < -0.3 is 9.73 Å². The predicted molar refractivity (Wildman–Crippen MR) is 101 cm³/mol. The number of amides is 1. The van der Waals surface area contributed by atoms with Crippen molar-refractivity contribution in [2.75, 3.05) is 5.32 Å². The fourth-order valence-corrected chi connectivity index (χ4v) is 2.88. The van der Waals surface area contributed by atoms with Crippen LogP contribution in [0.1, 0.15) is 10.6 Å². The molecular weight excluding hydrogens is 452 g/mol. The van der Waals surface area contributed by atoms with E-state index in [9.17, 15) is 4.79 Å². The molecule has 0 atom stereocenters. The second kappa shape index (κ2) is 6.45. The SMILES string of the molecule is O=C(Nc1ccc2nn(-c3ccc(Br)cc3)nc2c1)c1ccc(Br)o1. The number of hydrogen-bond donors (Lipinski definition) is 1. The first-order chi connectivity index (χ1) is 12.1. The number of halogens is 2. The summed E-state index contributed by atoms with van der Waals surface area (Å²) in [5.74, 6) is -0.101. The van der Waals surface area contributed by atoms with Gasteiger partial charge >= 0.3 is 0 Å². The lowest BCUT2D eigenvalue weighted by molar-refractivity contribution is 0.0995. The number of fused-ring (bicyclic) bond motifs is 1. The van der Waals surface area contributed by atoms with Gasteiger partial charge in [-0.05, 0) is 70.5 Å². The fraction of sp³-hybridized carbons (Fsp3) is 0.